The van der Waals surface area contributed by atoms with Crippen molar-refractivity contribution in [3.8, 4) is 11.5 Å². The number of hydrogen-bond donors (Lipinski definition) is 2. The van der Waals surface area contributed by atoms with Gasteiger partial charge < -0.3 is 25.0 Å². The van der Waals surface area contributed by atoms with Crippen molar-refractivity contribution in [2.24, 2.45) is 0 Å². The van der Waals surface area contributed by atoms with Crippen molar-refractivity contribution in [1.82, 2.24) is 5.32 Å². The molecule has 0 aromatic heterocycles. The van der Waals surface area contributed by atoms with E-state index in [4.69, 9.17) is 9.47 Å². The van der Waals surface area contributed by atoms with Crippen LogP contribution < -0.4 is 25.0 Å². The second-order valence-corrected chi connectivity index (χ2v) is 10.8. The van der Waals surface area contributed by atoms with Crippen LogP contribution in [0.5, 0.6) is 11.5 Å². The summed E-state index contributed by atoms with van der Waals surface area (Å²) in [6.45, 7) is 9.22. The van der Waals surface area contributed by atoms with Crippen molar-refractivity contribution in [3.05, 3.63) is 47.5 Å². The highest BCUT2D eigenvalue weighted by atomic mass is 32.2. The number of benzene rings is 2. The Labute approximate surface area is 207 Å². The molecule has 2 N–H and O–H groups in total. The van der Waals surface area contributed by atoms with Crippen molar-refractivity contribution in [1.29, 1.82) is 0 Å². The highest BCUT2D eigenvalue weighted by Gasteiger charge is 2.25. The fourth-order valence-corrected chi connectivity index (χ4v) is 4.42. The SMILES string of the molecule is Cc1cccc(N(CC(=O)NC(C)(C)C)C(=O)C[S@](=O)CC(=O)Nc2ccc3c(c2)OCO3)c1C. The van der Waals surface area contributed by atoms with E-state index in [9.17, 15) is 18.6 Å². The number of amides is 3. The zero-order valence-corrected chi connectivity index (χ0v) is 21.4. The number of aryl methyl sites for hydroxylation is 1. The van der Waals surface area contributed by atoms with Gasteiger partial charge in [0.25, 0.3) is 0 Å². The Hall–Kier alpha value is -3.40. The predicted molar refractivity (Wildman–Crippen MR) is 135 cm³/mol. The number of nitrogens with one attached hydrogen (secondary N) is 2. The zero-order chi connectivity index (χ0) is 25.8. The van der Waals surface area contributed by atoms with Crippen LogP contribution in [0.25, 0.3) is 0 Å². The number of carbonyl (C=O) groups is 3. The van der Waals surface area contributed by atoms with E-state index < -0.39 is 33.9 Å². The first-order chi connectivity index (χ1) is 16.4. The summed E-state index contributed by atoms with van der Waals surface area (Å²) in [5.74, 6) is -1.01. The molecule has 3 rings (SSSR count). The molecule has 0 aliphatic carbocycles. The van der Waals surface area contributed by atoms with Crippen molar-refractivity contribution >= 4 is 39.9 Å². The summed E-state index contributed by atoms with van der Waals surface area (Å²) in [6, 6.07) is 10.4. The third kappa shape index (κ3) is 7.29. The molecule has 3 amide bonds. The van der Waals surface area contributed by atoms with E-state index in [0.717, 1.165) is 11.1 Å². The number of fused-ring (bicyclic) bond motifs is 1. The number of ether oxygens (including phenoxy) is 2. The first kappa shape index (κ1) is 26.2. The molecular weight excluding hydrogens is 470 g/mol. The average molecular weight is 502 g/mol. The Morgan fingerprint density at radius 2 is 1.71 bits per heavy atom. The van der Waals surface area contributed by atoms with Gasteiger partial charge >= 0.3 is 0 Å². The Bertz CT molecular complexity index is 1160. The van der Waals surface area contributed by atoms with Gasteiger partial charge in [-0.2, -0.15) is 0 Å². The van der Waals surface area contributed by atoms with E-state index in [-0.39, 0.29) is 25.0 Å². The maximum absolute atomic E-state index is 13.2. The van der Waals surface area contributed by atoms with Crippen LogP contribution in [-0.2, 0) is 25.2 Å². The second kappa shape index (κ2) is 10.9. The monoisotopic (exact) mass is 501 g/mol. The van der Waals surface area contributed by atoms with Crippen molar-refractivity contribution in [3.63, 3.8) is 0 Å². The molecule has 188 valence electrons. The van der Waals surface area contributed by atoms with Gasteiger partial charge in [0, 0.05) is 33.8 Å². The van der Waals surface area contributed by atoms with Crippen molar-refractivity contribution in [2.45, 2.75) is 40.2 Å². The third-order valence-electron chi connectivity index (χ3n) is 5.22. The van der Waals surface area contributed by atoms with Gasteiger partial charge in [-0.1, -0.05) is 12.1 Å². The van der Waals surface area contributed by atoms with Gasteiger partial charge in [0.15, 0.2) is 11.5 Å². The maximum atomic E-state index is 13.2. The molecule has 9 nitrogen and oxygen atoms in total. The lowest BCUT2D eigenvalue weighted by Gasteiger charge is -2.27. The first-order valence-electron chi connectivity index (χ1n) is 11.1. The van der Waals surface area contributed by atoms with Crippen LogP contribution in [-0.4, -0.2) is 52.3 Å². The minimum Gasteiger partial charge on any atom is -0.454 e. The van der Waals surface area contributed by atoms with E-state index >= 15 is 0 Å². The molecular formula is C25H31N3O6S. The number of carbonyl (C=O) groups excluding carboxylic acids is 3. The number of anilines is 2. The molecule has 1 heterocycles. The highest BCUT2D eigenvalue weighted by Crippen LogP contribution is 2.34. The lowest BCUT2D eigenvalue weighted by atomic mass is 10.1. The fourth-order valence-electron chi connectivity index (χ4n) is 3.52. The normalized spacial score (nSPS) is 13.2. The molecule has 2 aromatic carbocycles. The number of rotatable bonds is 8. The molecule has 0 radical (unpaired) electrons. The molecule has 1 aliphatic rings. The van der Waals surface area contributed by atoms with Crippen LogP contribution in [0.3, 0.4) is 0 Å². The van der Waals surface area contributed by atoms with Crippen LogP contribution in [0.15, 0.2) is 36.4 Å². The van der Waals surface area contributed by atoms with Gasteiger partial charge in [0.05, 0.1) is 0 Å². The van der Waals surface area contributed by atoms with E-state index in [1.807, 2.05) is 40.7 Å². The lowest BCUT2D eigenvalue weighted by Crippen LogP contribution is -2.48. The molecule has 0 saturated carbocycles. The molecule has 10 heteroatoms. The summed E-state index contributed by atoms with van der Waals surface area (Å²) in [4.78, 5) is 39.5. The second-order valence-electron chi connectivity index (χ2n) is 9.34. The van der Waals surface area contributed by atoms with E-state index in [2.05, 4.69) is 10.6 Å². The first-order valence-corrected chi connectivity index (χ1v) is 12.6. The van der Waals surface area contributed by atoms with Crippen LogP contribution in [0, 0.1) is 13.8 Å². The Kier molecular flexibility index (Phi) is 8.16. The fraction of sp³-hybridized carbons (Fsp3) is 0.400. The van der Waals surface area contributed by atoms with Crippen LogP contribution in [0.1, 0.15) is 31.9 Å². The smallest absolute Gasteiger partial charge is 0.240 e. The van der Waals surface area contributed by atoms with Gasteiger partial charge in [0.1, 0.15) is 18.1 Å². The minimum atomic E-state index is -1.78. The van der Waals surface area contributed by atoms with E-state index in [0.29, 0.717) is 22.9 Å². The van der Waals surface area contributed by atoms with Gasteiger partial charge in [-0.05, 0) is 63.9 Å². The van der Waals surface area contributed by atoms with E-state index in [1.165, 1.54) is 4.90 Å². The number of hydrogen-bond acceptors (Lipinski definition) is 6. The number of nitrogens with zero attached hydrogens (tertiary/aromatic N) is 1. The van der Waals surface area contributed by atoms with Crippen LogP contribution in [0.2, 0.25) is 0 Å². The Balaban J connectivity index is 1.67. The highest BCUT2D eigenvalue weighted by molar-refractivity contribution is 7.86. The summed E-state index contributed by atoms with van der Waals surface area (Å²) < 4.78 is 23.2. The Morgan fingerprint density at radius 1 is 1.00 bits per heavy atom. The Morgan fingerprint density at radius 3 is 2.43 bits per heavy atom. The molecule has 0 saturated heterocycles. The lowest BCUT2D eigenvalue weighted by molar-refractivity contribution is -0.124. The van der Waals surface area contributed by atoms with Gasteiger partial charge in [-0.15, -0.1) is 0 Å². The van der Waals surface area contributed by atoms with Gasteiger partial charge in [-0.3, -0.25) is 18.6 Å². The van der Waals surface area contributed by atoms with Gasteiger partial charge in [-0.25, -0.2) is 0 Å². The molecule has 0 spiro atoms. The molecule has 35 heavy (non-hydrogen) atoms. The molecule has 0 fully saturated rings. The summed E-state index contributed by atoms with van der Waals surface area (Å²) in [5, 5.41) is 5.50. The molecule has 1 aliphatic heterocycles. The molecule has 1 atom stereocenters. The van der Waals surface area contributed by atoms with Crippen molar-refractivity contribution in [2.75, 3.05) is 35.1 Å². The summed E-state index contributed by atoms with van der Waals surface area (Å²) in [6.07, 6.45) is 0. The maximum Gasteiger partial charge on any atom is 0.240 e. The third-order valence-corrected chi connectivity index (χ3v) is 6.37. The van der Waals surface area contributed by atoms with Crippen LogP contribution >= 0.6 is 0 Å². The minimum absolute atomic E-state index is 0.115. The van der Waals surface area contributed by atoms with Crippen molar-refractivity contribution < 1.29 is 28.1 Å². The molecule has 2 aromatic rings. The quantitative estimate of drug-likeness (QED) is 0.575. The van der Waals surface area contributed by atoms with Gasteiger partial charge in [0.2, 0.25) is 24.5 Å². The average Bonchev–Trinajstić information content (AvgIpc) is 3.20. The molecule has 0 unspecified atom stereocenters. The molecule has 0 bridgehead atoms. The topological polar surface area (TPSA) is 114 Å². The summed E-state index contributed by atoms with van der Waals surface area (Å²) in [7, 11) is -1.78. The summed E-state index contributed by atoms with van der Waals surface area (Å²) in [5.41, 5.74) is 2.37. The standard InChI is InChI=1S/C25H31N3O6S/c1-16-7-6-8-19(17(16)2)28(12-22(29)27-25(3,4)5)24(31)14-35(32)13-23(30)26-18-9-10-20-21(11-18)34-15-33-20/h6-11H,12-15H2,1-5H3,(H,26,30)(H,27,29)/t35-/m1/s1. The van der Waals surface area contributed by atoms with Crippen LogP contribution in [0.4, 0.5) is 11.4 Å². The van der Waals surface area contributed by atoms with E-state index in [1.54, 1.807) is 30.3 Å². The predicted octanol–water partition coefficient (Wildman–Crippen LogP) is 2.67. The zero-order valence-electron chi connectivity index (χ0n) is 20.6. The summed E-state index contributed by atoms with van der Waals surface area (Å²) >= 11 is 0. The largest absolute Gasteiger partial charge is 0.454 e.